The molecule has 4 atom stereocenters. The second-order valence-electron chi connectivity index (χ2n) is 8.18. The first-order chi connectivity index (χ1) is 15.9. The van der Waals surface area contributed by atoms with Crippen molar-refractivity contribution in [2.45, 2.75) is 43.0 Å². The molecule has 34 heavy (non-hydrogen) atoms. The fourth-order valence-electron chi connectivity index (χ4n) is 3.72. The maximum absolute atomic E-state index is 13.0. The molecule has 14 nitrogen and oxygen atoms in total. The molecule has 0 saturated carbocycles. The standard InChI is InChI=1S/C18H19N5O9S2/c1-17(2,14(27)28)32-22-9(7-5-34-16(19)20-7)11(25)21-10-12(26)23-13(10)33-4-6-3-8(24)31-18(6,23)15(29)30/h5-6,10,13H,3-4H2,1-2H3,(H2,19,20)(H,21,25)(H,27,28)(H,29,30)/b22-9-/t6-,10+,13+,18+/m0/s1. The quantitative estimate of drug-likeness (QED) is 0.150. The largest absolute Gasteiger partial charge is 0.478 e. The van der Waals surface area contributed by atoms with Crippen LogP contribution in [0.5, 0.6) is 0 Å². The molecule has 3 aliphatic rings. The Morgan fingerprint density at radius 1 is 1.38 bits per heavy atom. The van der Waals surface area contributed by atoms with Crippen molar-refractivity contribution >= 4 is 63.7 Å². The molecule has 1 aromatic heterocycles. The number of nitrogen functional groups attached to an aromatic ring is 1. The number of hydrogen-bond acceptors (Lipinski definition) is 12. The van der Waals surface area contributed by atoms with Gasteiger partial charge in [-0.25, -0.2) is 14.6 Å². The summed E-state index contributed by atoms with van der Waals surface area (Å²) in [5.74, 6) is -5.69. The molecule has 2 amide bonds. The maximum atomic E-state index is 13.0. The van der Waals surface area contributed by atoms with Gasteiger partial charge in [0.1, 0.15) is 17.1 Å². The lowest BCUT2D eigenvalue weighted by molar-refractivity contribution is -0.215. The number of aliphatic carboxylic acids is 2. The van der Waals surface area contributed by atoms with Crippen LogP contribution in [0, 0.1) is 5.92 Å². The number of β-lactam (4-membered cyclic amide) rings is 1. The molecule has 3 aliphatic heterocycles. The zero-order valence-electron chi connectivity index (χ0n) is 17.7. The monoisotopic (exact) mass is 513 g/mol. The number of oxime groups is 1. The summed E-state index contributed by atoms with van der Waals surface area (Å²) in [6.07, 6.45) is -0.133. The zero-order valence-corrected chi connectivity index (χ0v) is 19.3. The average Bonchev–Trinajstić information content (AvgIpc) is 3.33. The zero-order chi connectivity index (χ0) is 25.0. The highest BCUT2D eigenvalue weighted by molar-refractivity contribution is 8.00. The Balaban J connectivity index is 1.57. The molecule has 0 radical (unpaired) electrons. The number of hydrogen-bond donors (Lipinski definition) is 4. The molecule has 0 aromatic carbocycles. The van der Waals surface area contributed by atoms with Gasteiger partial charge in [0.15, 0.2) is 10.8 Å². The number of carbonyl (C=O) groups is 5. The number of carbonyl (C=O) groups excluding carboxylic acids is 3. The van der Waals surface area contributed by atoms with E-state index in [1.54, 1.807) is 0 Å². The number of carboxylic acid groups (broad SMARTS) is 2. The summed E-state index contributed by atoms with van der Waals surface area (Å²) in [4.78, 5) is 71.1. The van der Waals surface area contributed by atoms with Crippen molar-refractivity contribution < 1.29 is 43.8 Å². The van der Waals surface area contributed by atoms with Gasteiger partial charge in [-0.05, 0) is 13.8 Å². The third-order valence-electron chi connectivity index (χ3n) is 5.56. The van der Waals surface area contributed by atoms with E-state index in [0.29, 0.717) is 0 Å². The number of aromatic nitrogens is 1. The number of thiazole rings is 1. The Kier molecular flexibility index (Phi) is 5.67. The third kappa shape index (κ3) is 3.62. The van der Waals surface area contributed by atoms with Gasteiger partial charge in [0.05, 0.1) is 6.42 Å². The Morgan fingerprint density at radius 2 is 2.09 bits per heavy atom. The van der Waals surface area contributed by atoms with Crippen molar-refractivity contribution in [3.8, 4) is 0 Å². The van der Waals surface area contributed by atoms with Crippen molar-refractivity contribution in [3.63, 3.8) is 0 Å². The Labute approximate surface area is 199 Å². The van der Waals surface area contributed by atoms with Crippen LogP contribution >= 0.6 is 23.1 Å². The molecule has 182 valence electrons. The summed E-state index contributed by atoms with van der Waals surface area (Å²) < 4.78 is 5.11. The van der Waals surface area contributed by atoms with Crippen LogP contribution in [0.4, 0.5) is 5.13 Å². The molecule has 0 aliphatic carbocycles. The van der Waals surface area contributed by atoms with E-state index in [1.807, 2.05) is 0 Å². The van der Waals surface area contributed by atoms with Gasteiger partial charge in [-0.15, -0.1) is 23.1 Å². The van der Waals surface area contributed by atoms with Crippen molar-refractivity contribution in [1.29, 1.82) is 0 Å². The molecule has 5 N–H and O–H groups in total. The van der Waals surface area contributed by atoms with Crippen LogP contribution in [0.25, 0.3) is 0 Å². The first kappa shape index (κ1) is 23.7. The Morgan fingerprint density at radius 3 is 2.68 bits per heavy atom. The van der Waals surface area contributed by atoms with E-state index in [1.165, 1.54) is 31.0 Å². The second kappa shape index (κ2) is 8.12. The number of nitrogens with one attached hydrogen (secondary N) is 1. The van der Waals surface area contributed by atoms with Crippen molar-refractivity contribution in [2.75, 3.05) is 11.5 Å². The molecule has 0 spiro atoms. The highest BCUT2D eigenvalue weighted by Gasteiger charge is 2.71. The number of esters is 1. The van der Waals surface area contributed by atoms with Gasteiger partial charge in [-0.2, -0.15) is 0 Å². The van der Waals surface area contributed by atoms with E-state index in [0.717, 1.165) is 16.2 Å². The Bertz CT molecular complexity index is 1130. The minimum absolute atomic E-state index is 0.00657. The summed E-state index contributed by atoms with van der Waals surface area (Å²) in [5.41, 5.74) is 1.31. The summed E-state index contributed by atoms with van der Waals surface area (Å²) >= 11 is 2.21. The van der Waals surface area contributed by atoms with E-state index in [9.17, 15) is 34.2 Å². The molecular weight excluding hydrogens is 494 g/mol. The number of anilines is 1. The molecule has 4 rings (SSSR count). The number of nitrogens with two attached hydrogens (primary N) is 1. The number of rotatable bonds is 7. The fourth-order valence-corrected chi connectivity index (χ4v) is 5.83. The van der Waals surface area contributed by atoms with E-state index >= 15 is 0 Å². The molecule has 1 aromatic rings. The molecule has 3 fully saturated rings. The number of ether oxygens (including phenoxy) is 1. The van der Waals surface area contributed by atoms with Crippen molar-refractivity contribution in [3.05, 3.63) is 11.1 Å². The predicted octanol–water partition coefficient (Wildman–Crippen LogP) is -0.947. The Hall–Kier alpha value is -3.40. The number of fused-ring (bicyclic) bond motifs is 3. The summed E-state index contributed by atoms with van der Waals surface area (Å²) in [7, 11) is 0. The molecule has 0 bridgehead atoms. The van der Waals surface area contributed by atoms with Gasteiger partial charge in [0.2, 0.25) is 5.60 Å². The van der Waals surface area contributed by atoms with Crippen LogP contribution in [0.2, 0.25) is 0 Å². The molecule has 0 unspecified atom stereocenters. The third-order valence-corrected chi connectivity index (χ3v) is 7.65. The van der Waals surface area contributed by atoms with Crippen LogP contribution in [-0.2, 0) is 33.5 Å². The number of carboxylic acids is 2. The van der Waals surface area contributed by atoms with E-state index < -0.39 is 64.1 Å². The van der Waals surface area contributed by atoms with Gasteiger partial charge in [-0.3, -0.25) is 19.3 Å². The smallest absolute Gasteiger partial charge is 0.370 e. The van der Waals surface area contributed by atoms with Crippen LogP contribution in [-0.4, -0.2) is 84.0 Å². The van der Waals surface area contributed by atoms with E-state index in [-0.39, 0.29) is 23.0 Å². The topological polar surface area (TPSA) is 211 Å². The average molecular weight is 514 g/mol. The highest BCUT2D eigenvalue weighted by Crippen LogP contribution is 2.51. The first-order valence-corrected chi connectivity index (χ1v) is 11.7. The second-order valence-corrected chi connectivity index (χ2v) is 10.2. The van der Waals surface area contributed by atoms with Crippen LogP contribution in [0.3, 0.4) is 0 Å². The molecular formula is C18H19N5O9S2. The number of amides is 2. The fraction of sp³-hybridized carbons (Fsp3) is 0.500. The molecule has 16 heteroatoms. The predicted molar refractivity (Wildman–Crippen MR) is 115 cm³/mol. The van der Waals surface area contributed by atoms with Crippen molar-refractivity contribution in [2.24, 2.45) is 11.1 Å². The number of nitrogens with zero attached hydrogens (tertiary/aromatic N) is 3. The normalized spacial score (nSPS) is 28.4. The summed E-state index contributed by atoms with van der Waals surface area (Å²) in [5, 5.41) is 25.8. The van der Waals surface area contributed by atoms with Gasteiger partial charge in [-0.1, -0.05) is 5.16 Å². The summed E-state index contributed by atoms with van der Waals surface area (Å²) in [6.45, 7) is 2.45. The van der Waals surface area contributed by atoms with Gasteiger partial charge in [0, 0.05) is 17.1 Å². The minimum atomic E-state index is -2.11. The molecule has 3 saturated heterocycles. The highest BCUT2D eigenvalue weighted by atomic mass is 32.2. The lowest BCUT2D eigenvalue weighted by Crippen LogP contribution is -2.80. The molecule has 4 heterocycles. The SMILES string of the molecule is CC(C)(O/N=C(\C(=O)N[C@@H]1C(=O)N2[C@@H]1SC[C@@H]1CC(=O)O[C@@]12C(=O)O)c1csc(N)n1)C(=O)O. The van der Waals surface area contributed by atoms with Crippen molar-refractivity contribution in [1.82, 2.24) is 15.2 Å². The van der Waals surface area contributed by atoms with Gasteiger partial charge >= 0.3 is 17.9 Å². The van der Waals surface area contributed by atoms with Crippen LogP contribution < -0.4 is 11.1 Å². The van der Waals surface area contributed by atoms with E-state index in [2.05, 4.69) is 15.5 Å². The lowest BCUT2D eigenvalue weighted by Gasteiger charge is -2.56. The minimum Gasteiger partial charge on any atom is -0.478 e. The lowest BCUT2D eigenvalue weighted by atomic mass is 9.89. The number of thioether (sulfide) groups is 1. The van der Waals surface area contributed by atoms with Crippen LogP contribution in [0.1, 0.15) is 26.0 Å². The summed E-state index contributed by atoms with van der Waals surface area (Å²) in [6, 6.07) is -1.15. The maximum Gasteiger partial charge on any atom is 0.370 e. The first-order valence-electron chi connectivity index (χ1n) is 9.80. The van der Waals surface area contributed by atoms with Gasteiger partial charge < -0.3 is 30.8 Å². The van der Waals surface area contributed by atoms with Crippen LogP contribution in [0.15, 0.2) is 10.5 Å². The van der Waals surface area contributed by atoms with Gasteiger partial charge in [0.25, 0.3) is 17.5 Å². The van der Waals surface area contributed by atoms with E-state index in [4.69, 9.17) is 15.3 Å².